The molecule has 3 nitrogen and oxygen atoms in total. The van der Waals surface area contributed by atoms with Crippen molar-refractivity contribution in [3.63, 3.8) is 0 Å². The molecule has 0 bridgehead atoms. The summed E-state index contributed by atoms with van der Waals surface area (Å²) in [5, 5.41) is 11.5. The fourth-order valence-electron chi connectivity index (χ4n) is 2.17. The van der Waals surface area contributed by atoms with E-state index >= 15 is 0 Å². The molecule has 0 spiro atoms. The largest absolute Gasteiger partial charge is 0.363 e. The van der Waals surface area contributed by atoms with Crippen LogP contribution in [0.15, 0.2) is 35.7 Å². The zero-order valence-corrected chi connectivity index (χ0v) is 12.7. The van der Waals surface area contributed by atoms with Gasteiger partial charge in [0.05, 0.1) is 17.8 Å². The van der Waals surface area contributed by atoms with Crippen LogP contribution in [0.5, 0.6) is 0 Å². The van der Waals surface area contributed by atoms with Crippen molar-refractivity contribution < 1.29 is 0 Å². The van der Waals surface area contributed by atoms with Crippen LogP contribution in [0.3, 0.4) is 0 Å². The monoisotopic (exact) mass is 285 g/mol. The Morgan fingerprint density at radius 2 is 2.15 bits per heavy atom. The molecule has 0 saturated heterocycles. The molecule has 0 atom stereocenters. The number of nitrogens with zero attached hydrogens (tertiary/aromatic N) is 2. The Morgan fingerprint density at radius 3 is 2.70 bits per heavy atom. The predicted molar refractivity (Wildman–Crippen MR) is 84.7 cm³/mol. The molecule has 4 heteroatoms. The summed E-state index contributed by atoms with van der Waals surface area (Å²) in [7, 11) is 0. The van der Waals surface area contributed by atoms with Crippen LogP contribution >= 0.6 is 11.3 Å². The van der Waals surface area contributed by atoms with E-state index in [0.29, 0.717) is 18.2 Å². The van der Waals surface area contributed by atoms with Crippen LogP contribution in [0.25, 0.3) is 0 Å². The molecule has 20 heavy (non-hydrogen) atoms. The van der Waals surface area contributed by atoms with Crippen molar-refractivity contribution in [3.05, 3.63) is 51.7 Å². The average molecular weight is 285 g/mol. The third-order valence-electron chi connectivity index (χ3n) is 3.26. The lowest BCUT2D eigenvalue weighted by Crippen LogP contribution is -2.30. The van der Waals surface area contributed by atoms with Crippen molar-refractivity contribution in [2.24, 2.45) is 5.73 Å². The second kappa shape index (κ2) is 6.56. The molecule has 0 aliphatic rings. The molecular formula is C16H19N3S. The van der Waals surface area contributed by atoms with Gasteiger partial charge in [-0.2, -0.15) is 5.26 Å². The van der Waals surface area contributed by atoms with Crippen LogP contribution in [-0.4, -0.2) is 6.04 Å². The molecule has 1 heterocycles. The Labute approximate surface area is 124 Å². The van der Waals surface area contributed by atoms with Gasteiger partial charge in [-0.05, 0) is 43.0 Å². The van der Waals surface area contributed by atoms with E-state index in [-0.39, 0.29) is 0 Å². The van der Waals surface area contributed by atoms with E-state index in [4.69, 9.17) is 5.73 Å². The molecular weight excluding hydrogens is 266 g/mol. The summed E-state index contributed by atoms with van der Waals surface area (Å²) < 4.78 is 0. The van der Waals surface area contributed by atoms with Gasteiger partial charge in [-0.1, -0.05) is 12.1 Å². The third-order valence-corrected chi connectivity index (χ3v) is 4.12. The van der Waals surface area contributed by atoms with Gasteiger partial charge >= 0.3 is 0 Å². The highest BCUT2D eigenvalue weighted by molar-refractivity contribution is 7.09. The van der Waals surface area contributed by atoms with E-state index in [1.165, 1.54) is 4.88 Å². The first-order chi connectivity index (χ1) is 9.65. The maximum absolute atomic E-state index is 9.38. The van der Waals surface area contributed by atoms with E-state index in [1.807, 2.05) is 18.2 Å². The van der Waals surface area contributed by atoms with Gasteiger partial charge < -0.3 is 10.6 Å². The lowest BCUT2D eigenvalue weighted by Gasteiger charge is -2.29. The molecule has 0 saturated carbocycles. The van der Waals surface area contributed by atoms with Gasteiger partial charge in [0.25, 0.3) is 0 Å². The van der Waals surface area contributed by atoms with Crippen molar-refractivity contribution in [2.75, 3.05) is 4.90 Å². The van der Waals surface area contributed by atoms with Crippen LogP contribution < -0.4 is 10.6 Å². The minimum Gasteiger partial charge on any atom is -0.363 e. The van der Waals surface area contributed by atoms with Crippen LogP contribution in [-0.2, 0) is 13.1 Å². The number of rotatable bonds is 5. The van der Waals surface area contributed by atoms with E-state index in [0.717, 1.165) is 17.8 Å². The molecule has 1 aromatic heterocycles. The minimum absolute atomic E-state index is 0.327. The molecule has 0 radical (unpaired) electrons. The first-order valence-corrected chi connectivity index (χ1v) is 7.55. The maximum atomic E-state index is 9.38. The van der Waals surface area contributed by atoms with Gasteiger partial charge in [-0.25, -0.2) is 0 Å². The lowest BCUT2D eigenvalue weighted by atomic mass is 10.1. The minimum atomic E-state index is 0.327. The zero-order chi connectivity index (χ0) is 14.5. The van der Waals surface area contributed by atoms with Crippen molar-refractivity contribution in [3.8, 4) is 6.07 Å². The van der Waals surface area contributed by atoms with Gasteiger partial charge in [0.1, 0.15) is 6.07 Å². The molecule has 1 aromatic carbocycles. The molecule has 0 aliphatic heterocycles. The molecule has 2 aromatic rings. The highest BCUT2D eigenvalue weighted by Gasteiger charge is 2.15. The molecule has 104 valence electrons. The van der Waals surface area contributed by atoms with Crippen molar-refractivity contribution in [1.29, 1.82) is 5.26 Å². The Balaban J connectivity index is 2.37. The van der Waals surface area contributed by atoms with E-state index in [2.05, 4.69) is 42.3 Å². The molecule has 0 amide bonds. The SMILES string of the molecule is CC(C)N(Cc1cccs1)c1ccc(CN)cc1C#N. The fourth-order valence-corrected chi connectivity index (χ4v) is 2.87. The number of hydrogen-bond acceptors (Lipinski definition) is 4. The average Bonchev–Trinajstić information content (AvgIpc) is 2.97. The van der Waals surface area contributed by atoms with Crippen LogP contribution in [0, 0.1) is 11.3 Å². The highest BCUT2D eigenvalue weighted by Crippen LogP contribution is 2.26. The molecule has 0 unspecified atom stereocenters. The fraction of sp³-hybridized carbons (Fsp3) is 0.312. The zero-order valence-electron chi connectivity index (χ0n) is 11.8. The Kier molecular flexibility index (Phi) is 4.78. The number of nitriles is 1. The van der Waals surface area contributed by atoms with E-state index in [9.17, 15) is 5.26 Å². The Hall–Kier alpha value is -1.83. The summed E-state index contributed by atoms with van der Waals surface area (Å²) in [6.07, 6.45) is 0. The summed E-state index contributed by atoms with van der Waals surface area (Å²) in [6.45, 7) is 5.57. The Bertz CT molecular complexity index is 597. The highest BCUT2D eigenvalue weighted by atomic mass is 32.1. The number of anilines is 1. The van der Waals surface area contributed by atoms with E-state index in [1.54, 1.807) is 11.3 Å². The number of benzene rings is 1. The summed E-state index contributed by atoms with van der Waals surface area (Å²) in [6, 6.07) is 12.7. The summed E-state index contributed by atoms with van der Waals surface area (Å²) in [4.78, 5) is 3.55. The lowest BCUT2D eigenvalue weighted by molar-refractivity contribution is 0.686. The van der Waals surface area contributed by atoms with Gasteiger partial charge in [0.2, 0.25) is 0 Å². The quantitative estimate of drug-likeness (QED) is 0.915. The standard InChI is InChI=1S/C16H19N3S/c1-12(2)19(11-15-4-3-7-20-15)16-6-5-13(9-17)8-14(16)10-18/h3-8,12H,9,11,17H2,1-2H3. The van der Waals surface area contributed by atoms with Gasteiger partial charge in [-0.3, -0.25) is 0 Å². The van der Waals surface area contributed by atoms with Crippen molar-refractivity contribution in [2.45, 2.75) is 33.0 Å². The second-order valence-corrected chi connectivity index (χ2v) is 6.00. The first kappa shape index (κ1) is 14.6. The predicted octanol–water partition coefficient (Wildman–Crippen LogP) is 3.49. The maximum Gasteiger partial charge on any atom is 0.101 e. The number of hydrogen-bond donors (Lipinski definition) is 1. The summed E-state index contributed by atoms with van der Waals surface area (Å²) >= 11 is 1.74. The summed E-state index contributed by atoms with van der Waals surface area (Å²) in [5.41, 5.74) is 8.31. The molecule has 0 fully saturated rings. The van der Waals surface area contributed by atoms with Gasteiger partial charge in [-0.15, -0.1) is 11.3 Å². The third kappa shape index (κ3) is 3.19. The first-order valence-electron chi connectivity index (χ1n) is 6.67. The van der Waals surface area contributed by atoms with Gasteiger partial charge in [0, 0.05) is 17.5 Å². The summed E-state index contributed by atoms with van der Waals surface area (Å²) in [5.74, 6) is 0. The number of nitrogens with two attached hydrogens (primary N) is 1. The van der Waals surface area contributed by atoms with Crippen LogP contribution in [0.4, 0.5) is 5.69 Å². The molecule has 2 rings (SSSR count). The van der Waals surface area contributed by atoms with Crippen molar-refractivity contribution >= 4 is 17.0 Å². The van der Waals surface area contributed by atoms with Crippen LogP contribution in [0.1, 0.15) is 29.9 Å². The van der Waals surface area contributed by atoms with Gasteiger partial charge in [0.15, 0.2) is 0 Å². The normalized spacial score (nSPS) is 10.6. The molecule has 0 aliphatic carbocycles. The topological polar surface area (TPSA) is 53.0 Å². The van der Waals surface area contributed by atoms with Crippen LogP contribution in [0.2, 0.25) is 0 Å². The smallest absolute Gasteiger partial charge is 0.101 e. The Morgan fingerprint density at radius 1 is 1.35 bits per heavy atom. The number of thiophene rings is 1. The second-order valence-electron chi connectivity index (χ2n) is 4.97. The molecule has 2 N–H and O–H groups in total. The van der Waals surface area contributed by atoms with Crippen molar-refractivity contribution in [1.82, 2.24) is 0 Å². The van der Waals surface area contributed by atoms with E-state index < -0.39 is 0 Å².